The van der Waals surface area contributed by atoms with Crippen LogP contribution in [0.25, 0.3) is 0 Å². The molecule has 0 bridgehead atoms. The van der Waals surface area contributed by atoms with Gasteiger partial charge >= 0.3 is 6.03 Å². The minimum absolute atomic E-state index is 0.0895. The second kappa shape index (κ2) is 7.29. The van der Waals surface area contributed by atoms with Gasteiger partial charge in [-0.2, -0.15) is 0 Å². The number of carbonyl (C=O) groups excluding carboxylic acids is 2. The van der Waals surface area contributed by atoms with E-state index in [-0.39, 0.29) is 24.0 Å². The Morgan fingerprint density at radius 3 is 2.73 bits per heavy atom. The molecule has 1 atom stereocenters. The average molecular weight is 303 g/mol. The lowest BCUT2D eigenvalue weighted by atomic mass is 10.1. The van der Waals surface area contributed by atoms with Gasteiger partial charge in [0.15, 0.2) is 0 Å². The lowest BCUT2D eigenvalue weighted by Gasteiger charge is -2.21. The second-order valence-corrected chi connectivity index (χ2v) is 6.12. The summed E-state index contributed by atoms with van der Waals surface area (Å²) in [7, 11) is 0. The molecular formula is C17H25N3O2. The fourth-order valence-electron chi connectivity index (χ4n) is 2.77. The quantitative estimate of drug-likeness (QED) is 0.872. The Labute approximate surface area is 132 Å². The Kier molecular flexibility index (Phi) is 5.41. The van der Waals surface area contributed by atoms with Crippen LogP contribution in [0.4, 0.5) is 4.79 Å². The molecule has 0 spiro atoms. The van der Waals surface area contributed by atoms with Gasteiger partial charge in [0.05, 0.1) is 6.04 Å². The van der Waals surface area contributed by atoms with Gasteiger partial charge in [-0.25, -0.2) is 4.79 Å². The van der Waals surface area contributed by atoms with E-state index in [4.69, 9.17) is 0 Å². The average Bonchev–Trinajstić information content (AvgIpc) is 2.82. The van der Waals surface area contributed by atoms with Crippen LogP contribution in [0, 0.1) is 6.92 Å². The Balaban J connectivity index is 1.73. The van der Waals surface area contributed by atoms with E-state index < -0.39 is 0 Å². The monoisotopic (exact) mass is 303 g/mol. The van der Waals surface area contributed by atoms with Crippen molar-refractivity contribution in [2.45, 2.75) is 45.7 Å². The van der Waals surface area contributed by atoms with Crippen LogP contribution in [0.5, 0.6) is 0 Å². The fraction of sp³-hybridized carbons (Fsp3) is 0.529. The van der Waals surface area contributed by atoms with Crippen molar-refractivity contribution < 1.29 is 9.59 Å². The number of rotatable bonds is 5. The first kappa shape index (κ1) is 16.3. The molecule has 5 nitrogen and oxygen atoms in total. The Hall–Kier alpha value is -2.04. The highest BCUT2D eigenvalue weighted by molar-refractivity contribution is 5.81. The molecule has 0 radical (unpaired) electrons. The maximum atomic E-state index is 11.9. The Bertz CT molecular complexity index is 542. The molecule has 5 heteroatoms. The van der Waals surface area contributed by atoms with Crippen LogP contribution in [0.2, 0.25) is 0 Å². The highest BCUT2D eigenvalue weighted by atomic mass is 16.2. The fourth-order valence-corrected chi connectivity index (χ4v) is 2.77. The van der Waals surface area contributed by atoms with E-state index in [2.05, 4.69) is 29.7 Å². The van der Waals surface area contributed by atoms with Crippen molar-refractivity contribution in [1.82, 2.24) is 15.5 Å². The van der Waals surface area contributed by atoms with Crippen molar-refractivity contribution >= 4 is 11.9 Å². The molecule has 22 heavy (non-hydrogen) atoms. The summed E-state index contributed by atoms with van der Waals surface area (Å²) >= 11 is 0. The van der Waals surface area contributed by atoms with Crippen LogP contribution in [0.1, 0.15) is 31.4 Å². The zero-order valence-corrected chi connectivity index (χ0v) is 13.6. The SMILES string of the molecule is Cc1ccccc1CCNC(=O)NC1CC(=O)N(C(C)C)C1. The lowest BCUT2D eigenvalue weighted by molar-refractivity contribution is -0.129. The smallest absolute Gasteiger partial charge is 0.315 e. The van der Waals surface area contributed by atoms with Crippen LogP contribution in [-0.2, 0) is 11.2 Å². The molecule has 2 rings (SSSR count). The molecule has 1 aromatic carbocycles. The van der Waals surface area contributed by atoms with E-state index in [1.165, 1.54) is 11.1 Å². The van der Waals surface area contributed by atoms with E-state index in [1.54, 1.807) is 4.90 Å². The highest BCUT2D eigenvalue weighted by Crippen LogP contribution is 2.14. The lowest BCUT2D eigenvalue weighted by Crippen LogP contribution is -2.44. The molecular weight excluding hydrogens is 278 g/mol. The summed E-state index contributed by atoms with van der Waals surface area (Å²) in [6.45, 7) is 7.23. The maximum absolute atomic E-state index is 11.9. The number of benzene rings is 1. The summed E-state index contributed by atoms with van der Waals surface area (Å²) in [5.74, 6) is 0.111. The number of likely N-dealkylation sites (tertiary alicyclic amines) is 1. The third-order valence-corrected chi connectivity index (χ3v) is 4.06. The Morgan fingerprint density at radius 2 is 2.09 bits per heavy atom. The summed E-state index contributed by atoms with van der Waals surface area (Å²) in [5, 5.41) is 5.75. The molecule has 3 amide bonds. The molecule has 120 valence electrons. The first-order valence-electron chi connectivity index (χ1n) is 7.85. The van der Waals surface area contributed by atoms with Crippen molar-refractivity contribution in [2.24, 2.45) is 0 Å². The van der Waals surface area contributed by atoms with E-state index in [0.29, 0.717) is 19.5 Å². The van der Waals surface area contributed by atoms with Crippen molar-refractivity contribution in [1.29, 1.82) is 0 Å². The molecule has 1 aliphatic rings. The molecule has 0 aliphatic carbocycles. The normalized spacial score (nSPS) is 17.9. The van der Waals surface area contributed by atoms with Gasteiger partial charge < -0.3 is 15.5 Å². The van der Waals surface area contributed by atoms with E-state index in [1.807, 2.05) is 26.0 Å². The van der Waals surface area contributed by atoms with Crippen LogP contribution in [-0.4, -0.2) is 42.0 Å². The van der Waals surface area contributed by atoms with Gasteiger partial charge in [-0.05, 0) is 38.3 Å². The first-order chi connectivity index (χ1) is 10.5. The van der Waals surface area contributed by atoms with Crippen LogP contribution in [0.3, 0.4) is 0 Å². The minimum Gasteiger partial charge on any atom is -0.338 e. The van der Waals surface area contributed by atoms with Crippen LogP contribution in [0.15, 0.2) is 24.3 Å². The molecule has 2 N–H and O–H groups in total. The number of hydrogen-bond acceptors (Lipinski definition) is 2. The summed E-state index contributed by atoms with van der Waals surface area (Å²) in [4.78, 5) is 25.5. The predicted octanol–water partition coefficient (Wildman–Crippen LogP) is 1.85. The molecule has 1 aliphatic heterocycles. The van der Waals surface area contributed by atoms with Crippen LogP contribution >= 0.6 is 0 Å². The number of hydrogen-bond donors (Lipinski definition) is 2. The third kappa shape index (κ3) is 4.23. The van der Waals surface area contributed by atoms with Crippen molar-refractivity contribution in [3.8, 4) is 0 Å². The summed E-state index contributed by atoms with van der Waals surface area (Å²) in [6, 6.07) is 8.06. The Morgan fingerprint density at radius 1 is 1.36 bits per heavy atom. The molecule has 0 saturated carbocycles. The number of amides is 3. The number of carbonyl (C=O) groups is 2. The van der Waals surface area contributed by atoms with Crippen LogP contribution < -0.4 is 10.6 Å². The number of urea groups is 1. The van der Waals surface area contributed by atoms with Crippen molar-refractivity contribution in [3.05, 3.63) is 35.4 Å². The van der Waals surface area contributed by atoms with Crippen molar-refractivity contribution in [2.75, 3.05) is 13.1 Å². The van der Waals surface area contributed by atoms with Gasteiger partial charge in [0.1, 0.15) is 0 Å². The van der Waals surface area contributed by atoms with E-state index in [9.17, 15) is 9.59 Å². The molecule has 1 fully saturated rings. The first-order valence-corrected chi connectivity index (χ1v) is 7.85. The summed E-state index contributed by atoms with van der Waals surface area (Å²) in [5.41, 5.74) is 2.48. The van der Waals surface area contributed by atoms with Gasteiger partial charge in [0.25, 0.3) is 0 Å². The largest absolute Gasteiger partial charge is 0.338 e. The molecule has 1 aromatic rings. The zero-order valence-electron chi connectivity index (χ0n) is 13.6. The standard InChI is InChI=1S/C17H25N3O2/c1-12(2)20-11-15(10-16(20)21)19-17(22)18-9-8-14-7-5-4-6-13(14)3/h4-7,12,15H,8-11H2,1-3H3,(H2,18,19,22). The van der Waals surface area contributed by atoms with E-state index in [0.717, 1.165) is 6.42 Å². The van der Waals surface area contributed by atoms with Gasteiger partial charge in [-0.1, -0.05) is 24.3 Å². The van der Waals surface area contributed by atoms with E-state index >= 15 is 0 Å². The summed E-state index contributed by atoms with van der Waals surface area (Å²) < 4.78 is 0. The maximum Gasteiger partial charge on any atom is 0.315 e. The highest BCUT2D eigenvalue weighted by Gasteiger charge is 2.31. The molecule has 1 saturated heterocycles. The second-order valence-electron chi connectivity index (χ2n) is 6.12. The number of nitrogens with one attached hydrogen (secondary N) is 2. The molecule has 0 aromatic heterocycles. The van der Waals surface area contributed by atoms with Gasteiger partial charge in [-0.15, -0.1) is 0 Å². The summed E-state index contributed by atoms with van der Waals surface area (Å²) in [6.07, 6.45) is 1.20. The van der Waals surface area contributed by atoms with Gasteiger partial charge in [0.2, 0.25) is 5.91 Å². The number of aryl methyl sites for hydroxylation is 1. The van der Waals surface area contributed by atoms with Gasteiger partial charge in [0, 0.05) is 25.6 Å². The molecule has 1 unspecified atom stereocenters. The van der Waals surface area contributed by atoms with Gasteiger partial charge in [-0.3, -0.25) is 4.79 Å². The zero-order chi connectivity index (χ0) is 16.1. The van der Waals surface area contributed by atoms with Crippen molar-refractivity contribution in [3.63, 3.8) is 0 Å². The number of nitrogens with zero attached hydrogens (tertiary/aromatic N) is 1. The topological polar surface area (TPSA) is 61.4 Å². The third-order valence-electron chi connectivity index (χ3n) is 4.06. The predicted molar refractivity (Wildman–Crippen MR) is 86.7 cm³/mol. The minimum atomic E-state index is -0.197. The molecule has 1 heterocycles.